The van der Waals surface area contributed by atoms with Gasteiger partial charge in [-0.05, 0) is 32.7 Å². The van der Waals surface area contributed by atoms with Gasteiger partial charge in [-0.15, -0.1) is 0 Å². The fourth-order valence-electron chi connectivity index (χ4n) is 2.96. The van der Waals surface area contributed by atoms with Crippen molar-refractivity contribution < 1.29 is 4.79 Å². The molecule has 2 aliphatic heterocycles. The van der Waals surface area contributed by atoms with E-state index in [0.717, 1.165) is 52.1 Å². The molecule has 2 rings (SSSR count). The lowest BCUT2D eigenvalue weighted by Gasteiger charge is -2.39. The Morgan fingerprint density at radius 3 is 2.61 bits per heavy atom. The van der Waals surface area contributed by atoms with E-state index in [1.54, 1.807) is 0 Å². The van der Waals surface area contributed by atoms with Crippen LogP contribution < -0.4 is 5.32 Å². The number of hydrogen-bond acceptors (Lipinski definition) is 3. The van der Waals surface area contributed by atoms with Crippen molar-refractivity contribution >= 4 is 5.91 Å². The van der Waals surface area contributed by atoms with Crippen LogP contribution in [0.2, 0.25) is 0 Å². The molecule has 4 nitrogen and oxygen atoms in total. The van der Waals surface area contributed by atoms with Crippen LogP contribution in [0.1, 0.15) is 33.1 Å². The third-order valence-electron chi connectivity index (χ3n) is 4.49. The summed E-state index contributed by atoms with van der Waals surface area (Å²) in [5.41, 5.74) is 0. The summed E-state index contributed by atoms with van der Waals surface area (Å²) in [6.45, 7) is 10.4. The minimum absolute atomic E-state index is 0.230. The van der Waals surface area contributed by atoms with Crippen molar-refractivity contribution in [3.8, 4) is 0 Å². The van der Waals surface area contributed by atoms with Crippen molar-refractivity contribution in [1.82, 2.24) is 15.1 Å². The molecule has 0 spiro atoms. The topological polar surface area (TPSA) is 35.6 Å². The van der Waals surface area contributed by atoms with Gasteiger partial charge >= 0.3 is 0 Å². The van der Waals surface area contributed by atoms with Crippen LogP contribution in [-0.4, -0.2) is 61.0 Å². The molecule has 0 saturated carbocycles. The van der Waals surface area contributed by atoms with Crippen molar-refractivity contribution in [1.29, 1.82) is 0 Å². The van der Waals surface area contributed by atoms with E-state index < -0.39 is 0 Å². The zero-order valence-corrected chi connectivity index (χ0v) is 11.8. The first-order valence-corrected chi connectivity index (χ1v) is 7.46. The molecule has 0 radical (unpaired) electrons. The van der Waals surface area contributed by atoms with Crippen LogP contribution in [0.5, 0.6) is 0 Å². The molecule has 1 amide bonds. The third kappa shape index (κ3) is 3.23. The van der Waals surface area contributed by atoms with E-state index in [9.17, 15) is 4.79 Å². The SMILES string of the molecule is CCC(C)N1CCN(C(=O)[C@@H]2CCCNC2)CC1. The van der Waals surface area contributed by atoms with Crippen molar-refractivity contribution in [3.05, 3.63) is 0 Å². The largest absolute Gasteiger partial charge is 0.340 e. The Kier molecular flexibility index (Phi) is 5.01. The first-order valence-electron chi connectivity index (χ1n) is 7.46. The summed E-state index contributed by atoms with van der Waals surface area (Å²) in [4.78, 5) is 16.9. The van der Waals surface area contributed by atoms with Crippen molar-refractivity contribution in [2.24, 2.45) is 5.92 Å². The lowest BCUT2D eigenvalue weighted by atomic mass is 9.98. The number of carbonyl (C=O) groups excluding carboxylic acids is 1. The van der Waals surface area contributed by atoms with Crippen LogP contribution >= 0.6 is 0 Å². The predicted octanol–water partition coefficient (Wildman–Crippen LogP) is 0.929. The number of nitrogens with zero attached hydrogens (tertiary/aromatic N) is 2. The lowest BCUT2D eigenvalue weighted by molar-refractivity contribution is -0.138. The average Bonchev–Trinajstić information content (AvgIpc) is 2.47. The molecule has 2 fully saturated rings. The molecule has 2 atom stereocenters. The Labute approximate surface area is 111 Å². The van der Waals surface area contributed by atoms with E-state index in [-0.39, 0.29) is 5.92 Å². The molecule has 2 heterocycles. The van der Waals surface area contributed by atoms with Gasteiger partial charge in [-0.3, -0.25) is 9.69 Å². The number of piperazine rings is 1. The van der Waals surface area contributed by atoms with Crippen LogP contribution in [0.3, 0.4) is 0 Å². The van der Waals surface area contributed by atoms with Gasteiger partial charge in [-0.2, -0.15) is 0 Å². The monoisotopic (exact) mass is 253 g/mol. The molecule has 0 bridgehead atoms. The third-order valence-corrected chi connectivity index (χ3v) is 4.49. The van der Waals surface area contributed by atoms with Crippen LogP contribution in [-0.2, 0) is 4.79 Å². The molecular formula is C14H27N3O. The highest BCUT2D eigenvalue weighted by atomic mass is 16.2. The maximum atomic E-state index is 12.4. The summed E-state index contributed by atoms with van der Waals surface area (Å²) >= 11 is 0. The highest BCUT2D eigenvalue weighted by Gasteiger charge is 2.29. The fraction of sp³-hybridized carbons (Fsp3) is 0.929. The molecule has 0 aromatic carbocycles. The maximum absolute atomic E-state index is 12.4. The fourth-order valence-corrected chi connectivity index (χ4v) is 2.96. The summed E-state index contributed by atoms with van der Waals surface area (Å²) in [7, 11) is 0. The number of carbonyl (C=O) groups is 1. The summed E-state index contributed by atoms with van der Waals surface area (Å²) in [6, 6.07) is 0.651. The van der Waals surface area contributed by atoms with Gasteiger partial charge in [0.15, 0.2) is 0 Å². The first kappa shape index (κ1) is 13.8. The first-order chi connectivity index (χ1) is 8.72. The molecule has 18 heavy (non-hydrogen) atoms. The zero-order chi connectivity index (χ0) is 13.0. The van der Waals surface area contributed by atoms with Crippen LogP contribution in [0.15, 0.2) is 0 Å². The minimum atomic E-state index is 0.230. The Balaban J connectivity index is 1.79. The molecule has 2 aliphatic rings. The molecule has 2 saturated heterocycles. The Bertz CT molecular complexity index is 268. The van der Waals surface area contributed by atoms with Crippen LogP contribution in [0.4, 0.5) is 0 Å². The Morgan fingerprint density at radius 1 is 1.33 bits per heavy atom. The number of amides is 1. The average molecular weight is 253 g/mol. The van der Waals surface area contributed by atoms with Gasteiger partial charge in [0.2, 0.25) is 5.91 Å². The van der Waals surface area contributed by atoms with Gasteiger partial charge in [0.05, 0.1) is 5.92 Å². The van der Waals surface area contributed by atoms with E-state index >= 15 is 0 Å². The van der Waals surface area contributed by atoms with Crippen molar-refractivity contribution in [2.45, 2.75) is 39.2 Å². The molecule has 1 unspecified atom stereocenters. The Hall–Kier alpha value is -0.610. The maximum Gasteiger partial charge on any atom is 0.227 e. The lowest BCUT2D eigenvalue weighted by Crippen LogP contribution is -2.53. The zero-order valence-electron chi connectivity index (χ0n) is 11.8. The second-order valence-corrected chi connectivity index (χ2v) is 5.66. The van der Waals surface area contributed by atoms with Gasteiger partial charge in [-0.1, -0.05) is 6.92 Å². The number of piperidine rings is 1. The second kappa shape index (κ2) is 6.53. The van der Waals surface area contributed by atoms with Crippen molar-refractivity contribution in [3.63, 3.8) is 0 Å². The van der Waals surface area contributed by atoms with E-state index in [1.165, 1.54) is 6.42 Å². The molecule has 104 valence electrons. The number of hydrogen-bond donors (Lipinski definition) is 1. The second-order valence-electron chi connectivity index (χ2n) is 5.66. The summed E-state index contributed by atoms with van der Waals surface area (Å²) in [5, 5.41) is 3.33. The van der Waals surface area contributed by atoms with Gasteiger partial charge in [0, 0.05) is 38.8 Å². The van der Waals surface area contributed by atoms with E-state index in [2.05, 4.69) is 29.0 Å². The summed E-state index contributed by atoms with van der Waals surface area (Å²) in [5.74, 6) is 0.611. The van der Waals surface area contributed by atoms with Gasteiger partial charge in [0.25, 0.3) is 0 Å². The smallest absolute Gasteiger partial charge is 0.227 e. The predicted molar refractivity (Wildman–Crippen MR) is 73.5 cm³/mol. The minimum Gasteiger partial charge on any atom is -0.340 e. The van der Waals surface area contributed by atoms with E-state index in [1.807, 2.05) is 0 Å². The summed E-state index contributed by atoms with van der Waals surface area (Å²) < 4.78 is 0. The molecule has 0 aromatic rings. The highest BCUT2D eigenvalue weighted by Crippen LogP contribution is 2.16. The van der Waals surface area contributed by atoms with E-state index in [0.29, 0.717) is 11.9 Å². The van der Waals surface area contributed by atoms with Gasteiger partial charge in [-0.25, -0.2) is 0 Å². The Morgan fingerprint density at radius 2 is 2.06 bits per heavy atom. The summed E-state index contributed by atoms with van der Waals surface area (Å²) in [6.07, 6.45) is 3.40. The van der Waals surface area contributed by atoms with Crippen LogP contribution in [0, 0.1) is 5.92 Å². The molecule has 4 heteroatoms. The molecule has 0 aromatic heterocycles. The van der Waals surface area contributed by atoms with E-state index in [4.69, 9.17) is 0 Å². The standard InChI is InChI=1S/C14H27N3O/c1-3-12(2)16-7-9-17(10-8-16)14(18)13-5-4-6-15-11-13/h12-13,15H,3-11H2,1-2H3/t12?,13-/m1/s1. The van der Waals surface area contributed by atoms with Gasteiger partial charge in [0.1, 0.15) is 0 Å². The normalized spacial score (nSPS) is 28.1. The highest BCUT2D eigenvalue weighted by molar-refractivity contribution is 5.79. The molecule has 1 N–H and O–H groups in total. The van der Waals surface area contributed by atoms with Crippen LogP contribution in [0.25, 0.3) is 0 Å². The molecular weight excluding hydrogens is 226 g/mol. The van der Waals surface area contributed by atoms with Gasteiger partial charge < -0.3 is 10.2 Å². The molecule has 0 aliphatic carbocycles. The quantitative estimate of drug-likeness (QED) is 0.813. The van der Waals surface area contributed by atoms with Crippen molar-refractivity contribution in [2.75, 3.05) is 39.3 Å². The number of nitrogens with one attached hydrogen (secondary N) is 1. The number of rotatable bonds is 3.